The Labute approximate surface area is 170 Å². The Balaban J connectivity index is 1.41. The Morgan fingerprint density at radius 1 is 1.10 bits per heavy atom. The second-order valence-corrected chi connectivity index (χ2v) is 6.87. The van der Waals surface area contributed by atoms with Crippen molar-refractivity contribution in [3.05, 3.63) is 76.8 Å². The van der Waals surface area contributed by atoms with Crippen LogP contribution in [0.2, 0.25) is 5.02 Å². The summed E-state index contributed by atoms with van der Waals surface area (Å²) in [7, 11) is 0. The molecule has 2 aromatic carbocycles. The molecule has 8 heteroatoms. The van der Waals surface area contributed by atoms with Crippen molar-refractivity contribution in [1.82, 2.24) is 9.88 Å². The largest absolute Gasteiger partial charge is 0.454 e. The number of esters is 1. The molecule has 0 aliphatic carbocycles. The van der Waals surface area contributed by atoms with E-state index in [0.717, 1.165) is 10.5 Å². The third-order valence-electron chi connectivity index (χ3n) is 4.57. The number of fused-ring (bicyclic) bond motifs is 1. The van der Waals surface area contributed by atoms with Gasteiger partial charge in [-0.1, -0.05) is 23.7 Å². The Kier molecular flexibility index (Phi) is 4.90. The quantitative estimate of drug-likeness (QED) is 0.470. The first-order chi connectivity index (χ1) is 14.0. The van der Waals surface area contributed by atoms with Crippen molar-refractivity contribution in [2.45, 2.75) is 19.6 Å². The lowest BCUT2D eigenvalue weighted by Gasteiger charge is -2.20. The molecule has 0 fully saturated rings. The number of oxazole rings is 1. The number of aromatic nitrogens is 1. The molecule has 0 spiro atoms. The minimum absolute atomic E-state index is 0.192. The van der Waals surface area contributed by atoms with E-state index < -0.39 is 23.8 Å². The van der Waals surface area contributed by atoms with Gasteiger partial charge in [0.1, 0.15) is 6.04 Å². The van der Waals surface area contributed by atoms with Crippen LogP contribution in [0.25, 0.3) is 11.3 Å². The first-order valence-corrected chi connectivity index (χ1v) is 9.17. The summed E-state index contributed by atoms with van der Waals surface area (Å²) < 4.78 is 10.8. The monoisotopic (exact) mass is 410 g/mol. The highest BCUT2D eigenvalue weighted by Crippen LogP contribution is 2.25. The first-order valence-electron chi connectivity index (χ1n) is 8.80. The van der Waals surface area contributed by atoms with Crippen molar-refractivity contribution in [3.8, 4) is 11.3 Å². The predicted molar refractivity (Wildman–Crippen MR) is 103 cm³/mol. The highest BCUT2D eigenvalue weighted by Gasteiger charge is 2.41. The van der Waals surface area contributed by atoms with Crippen molar-refractivity contribution in [1.29, 1.82) is 0 Å². The molecule has 1 atom stereocenters. The summed E-state index contributed by atoms with van der Waals surface area (Å²) in [5.74, 6) is -1.07. The molecule has 146 valence electrons. The van der Waals surface area contributed by atoms with Crippen LogP contribution in [0.1, 0.15) is 33.5 Å². The molecule has 0 saturated heterocycles. The summed E-state index contributed by atoms with van der Waals surface area (Å²) in [6.45, 7) is 1.22. The van der Waals surface area contributed by atoms with Gasteiger partial charge >= 0.3 is 5.97 Å². The fourth-order valence-corrected chi connectivity index (χ4v) is 3.17. The maximum absolute atomic E-state index is 12.5. The van der Waals surface area contributed by atoms with Gasteiger partial charge in [-0.3, -0.25) is 14.5 Å². The molecule has 1 aliphatic heterocycles. The van der Waals surface area contributed by atoms with Crippen molar-refractivity contribution >= 4 is 29.4 Å². The van der Waals surface area contributed by atoms with Crippen molar-refractivity contribution < 1.29 is 23.5 Å². The van der Waals surface area contributed by atoms with Crippen LogP contribution in [0.15, 0.2) is 59.1 Å². The van der Waals surface area contributed by atoms with Gasteiger partial charge in [-0.15, -0.1) is 0 Å². The molecule has 2 amide bonds. The number of nitrogens with zero attached hydrogens (tertiary/aromatic N) is 2. The molecule has 7 nitrogen and oxygen atoms in total. The van der Waals surface area contributed by atoms with E-state index in [4.69, 9.17) is 20.8 Å². The van der Waals surface area contributed by atoms with Gasteiger partial charge in [-0.05, 0) is 43.3 Å². The molecular weight excluding hydrogens is 396 g/mol. The van der Waals surface area contributed by atoms with Gasteiger partial charge in [-0.25, -0.2) is 9.78 Å². The highest BCUT2D eigenvalue weighted by molar-refractivity contribution is 6.30. The molecule has 1 aromatic heterocycles. The van der Waals surface area contributed by atoms with Crippen LogP contribution in [0.5, 0.6) is 0 Å². The summed E-state index contributed by atoms with van der Waals surface area (Å²) in [4.78, 5) is 42.3. The van der Waals surface area contributed by atoms with Crippen molar-refractivity contribution in [3.63, 3.8) is 0 Å². The van der Waals surface area contributed by atoms with Gasteiger partial charge in [0.2, 0.25) is 5.89 Å². The fourth-order valence-electron chi connectivity index (χ4n) is 3.04. The van der Waals surface area contributed by atoms with E-state index in [2.05, 4.69) is 4.98 Å². The molecule has 29 heavy (non-hydrogen) atoms. The lowest BCUT2D eigenvalue weighted by atomic mass is 10.1. The Bertz CT molecular complexity index is 1070. The Hall–Kier alpha value is -3.45. The lowest BCUT2D eigenvalue weighted by Crippen LogP contribution is -2.43. The minimum atomic E-state index is -1.08. The maximum atomic E-state index is 12.5. The van der Waals surface area contributed by atoms with Crippen molar-refractivity contribution in [2.24, 2.45) is 0 Å². The minimum Gasteiger partial charge on any atom is -0.454 e. The second-order valence-electron chi connectivity index (χ2n) is 6.43. The zero-order valence-electron chi connectivity index (χ0n) is 15.3. The molecular formula is C21H15ClN2O5. The lowest BCUT2D eigenvalue weighted by molar-refractivity contribution is -0.149. The van der Waals surface area contributed by atoms with Crippen LogP contribution < -0.4 is 0 Å². The van der Waals surface area contributed by atoms with Gasteiger partial charge in [0.25, 0.3) is 11.8 Å². The number of imide groups is 1. The van der Waals surface area contributed by atoms with Gasteiger partial charge in [0.05, 0.1) is 17.3 Å². The molecule has 0 unspecified atom stereocenters. The molecule has 1 aliphatic rings. The van der Waals surface area contributed by atoms with Gasteiger partial charge in [0, 0.05) is 10.6 Å². The average Bonchev–Trinajstić information content (AvgIpc) is 3.30. The summed E-state index contributed by atoms with van der Waals surface area (Å²) in [5.41, 5.74) is 1.33. The number of carbonyl (C=O) groups is 3. The van der Waals surface area contributed by atoms with Gasteiger partial charge in [-0.2, -0.15) is 0 Å². The molecule has 0 N–H and O–H groups in total. The van der Waals surface area contributed by atoms with Gasteiger partial charge < -0.3 is 9.15 Å². The first kappa shape index (κ1) is 18.9. The number of carbonyl (C=O) groups excluding carboxylic acids is 3. The Morgan fingerprint density at radius 3 is 2.34 bits per heavy atom. The number of rotatable bonds is 5. The van der Waals surface area contributed by atoms with E-state index in [0.29, 0.717) is 10.8 Å². The smallest absolute Gasteiger partial charge is 0.329 e. The molecule has 0 radical (unpaired) electrons. The Morgan fingerprint density at radius 2 is 1.72 bits per heavy atom. The predicted octanol–water partition coefficient (Wildman–Crippen LogP) is 3.72. The topological polar surface area (TPSA) is 89.7 Å². The number of benzene rings is 2. The van der Waals surface area contributed by atoms with E-state index in [1.54, 1.807) is 48.5 Å². The van der Waals surface area contributed by atoms with Crippen LogP contribution in [0, 0.1) is 0 Å². The second kappa shape index (κ2) is 7.52. The summed E-state index contributed by atoms with van der Waals surface area (Å²) in [6, 6.07) is 12.4. The normalized spacial score (nSPS) is 14.1. The third kappa shape index (κ3) is 3.52. The SMILES string of the molecule is C[C@@H](C(=O)OCc1ncc(-c2ccc(Cl)cc2)o1)N1C(=O)c2ccccc2C1=O. The van der Waals surface area contributed by atoms with E-state index in [9.17, 15) is 14.4 Å². The van der Waals surface area contributed by atoms with Crippen LogP contribution in [0.4, 0.5) is 0 Å². The molecule has 4 rings (SSSR count). The third-order valence-corrected chi connectivity index (χ3v) is 4.83. The average molecular weight is 411 g/mol. The maximum Gasteiger partial charge on any atom is 0.329 e. The molecule has 2 heterocycles. The molecule has 0 saturated carbocycles. The van der Waals surface area contributed by atoms with Crippen LogP contribution >= 0.6 is 11.6 Å². The zero-order chi connectivity index (χ0) is 20.5. The summed E-state index contributed by atoms with van der Waals surface area (Å²) >= 11 is 5.87. The summed E-state index contributed by atoms with van der Waals surface area (Å²) in [6.07, 6.45) is 1.51. The van der Waals surface area contributed by atoms with Gasteiger partial charge in [0.15, 0.2) is 12.4 Å². The summed E-state index contributed by atoms with van der Waals surface area (Å²) in [5, 5.41) is 0.601. The van der Waals surface area contributed by atoms with Crippen LogP contribution in [0.3, 0.4) is 0 Å². The van der Waals surface area contributed by atoms with Crippen LogP contribution in [-0.2, 0) is 16.1 Å². The molecule has 0 bridgehead atoms. The number of ether oxygens (including phenoxy) is 1. The number of amides is 2. The number of hydrogen-bond donors (Lipinski definition) is 0. The van der Waals surface area contributed by atoms with E-state index >= 15 is 0 Å². The number of hydrogen-bond acceptors (Lipinski definition) is 6. The van der Waals surface area contributed by atoms with E-state index in [1.165, 1.54) is 13.1 Å². The van der Waals surface area contributed by atoms with E-state index in [-0.39, 0.29) is 23.6 Å². The molecule has 3 aromatic rings. The van der Waals surface area contributed by atoms with Crippen LogP contribution in [-0.4, -0.2) is 33.7 Å². The zero-order valence-corrected chi connectivity index (χ0v) is 16.1. The number of halogens is 1. The van der Waals surface area contributed by atoms with Crippen molar-refractivity contribution in [2.75, 3.05) is 0 Å². The standard InChI is InChI=1S/C21H15ClN2O5/c1-12(24-19(25)15-4-2-3-5-16(15)20(24)26)21(27)28-11-18-23-10-17(29-18)13-6-8-14(22)9-7-13/h2-10,12H,11H2,1H3/t12-/m0/s1. The highest BCUT2D eigenvalue weighted by atomic mass is 35.5. The van der Waals surface area contributed by atoms with E-state index in [1.807, 2.05) is 0 Å². The fraction of sp³-hybridized carbons (Fsp3) is 0.143.